The van der Waals surface area contributed by atoms with Gasteiger partial charge in [-0.05, 0) is 24.6 Å². The molecule has 2 amide bonds. The maximum Gasteiger partial charge on any atom is 0.339 e. The van der Waals surface area contributed by atoms with Gasteiger partial charge in [0.15, 0.2) is 0 Å². The van der Waals surface area contributed by atoms with Crippen LogP contribution in [0.25, 0.3) is 0 Å². The Balaban J connectivity index is 2.15. The van der Waals surface area contributed by atoms with Crippen LogP contribution in [0.3, 0.4) is 0 Å². The normalized spacial score (nSPS) is 10.1. The van der Waals surface area contributed by atoms with Gasteiger partial charge in [0, 0.05) is 18.9 Å². The Morgan fingerprint density at radius 2 is 1.77 bits per heavy atom. The van der Waals surface area contributed by atoms with Crippen molar-refractivity contribution < 1.29 is 19.1 Å². The molecule has 0 aliphatic rings. The SMILES string of the molecule is CCCCNC(=O)c1cncc(C(=O)Nc2ccccc2C(=O)OC)c1. The van der Waals surface area contributed by atoms with Crippen LogP contribution in [0.4, 0.5) is 5.69 Å². The standard InChI is InChI=1S/C19H21N3O4/c1-3-4-9-21-17(23)13-10-14(12-20-11-13)18(24)22-16-8-6-5-7-15(16)19(25)26-2/h5-8,10-12H,3-4,9H2,1-2H3,(H,21,23)(H,22,24). The van der Waals surface area contributed by atoms with Gasteiger partial charge in [-0.2, -0.15) is 0 Å². The second-order valence-corrected chi connectivity index (χ2v) is 5.56. The van der Waals surface area contributed by atoms with Gasteiger partial charge < -0.3 is 15.4 Å². The van der Waals surface area contributed by atoms with E-state index in [2.05, 4.69) is 15.6 Å². The van der Waals surface area contributed by atoms with E-state index in [9.17, 15) is 14.4 Å². The quantitative estimate of drug-likeness (QED) is 0.588. The van der Waals surface area contributed by atoms with Gasteiger partial charge in [-0.25, -0.2) is 4.79 Å². The van der Waals surface area contributed by atoms with Gasteiger partial charge in [0.25, 0.3) is 11.8 Å². The third-order valence-electron chi connectivity index (χ3n) is 3.66. The number of para-hydroxylation sites is 1. The molecule has 2 N–H and O–H groups in total. The Morgan fingerprint density at radius 3 is 2.46 bits per heavy atom. The van der Waals surface area contributed by atoms with Crippen LogP contribution >= 0.6 is 0 Å². The van der Waals surface area contributed by atoms with Crippen LogP contribution in [0.1, 0.15) is 50.8 Å². The Morgan fingerprint density at radius 1 is 1.08 bits per heavy atom. The highest BCUT2D eigenvalue weighted by Gasteiger charge is 2.15. The van der Waals surface area contributed by atoms with Gasteiger partial charge in [-0.3, -0.25) is 14.6 Å². The minimum absolute atomic E-state index is 0.216. The molecule has 136 valence electrons. The fourth-order valence-electron chi connectivity index (χ4n) is 2.24. The number of carbonyl (C=O) groups is 3. The van der Waals surface area contributed by atoms with E-state index in [-0.39, 0.29) is 17.0 Å². The number of carbonyl (C=O) groups excluding carboxylic acids is 3. The molecule has 2 rings (SSSR count). The van der Waals surface area contributed by atoms with Crippen LogP contribution in [0.15, 0.2) is 42.7 Å². The molecule has 0 atom stereocenters. The number of hydrogen-bond donors (Lipinski definition) is 2. The molecule has 0 saturated heterocycles. The number of hydrogen-bond acceptors (Lipinski definition) is 5. The predicted octanol–water partition coefficient (Wildman–Crippen LogP) is 2.65. The summed E-state index contributed by atoms with van der Waals surface area (Å²) in [7, 11) is 1.27. The van der Waals surface area contributed by atoms with Gasteiger partial charge in [0.05, 0.1) is 29.5 Å². The second-order valence-electron chi connectivity index (χ2n) is 5.56. The van der Waals surface area contributed by atoms with E-state index >= 15 is 0 Å². The van der Waals surface area contributed by atoms with E-state index in [1.54, 1.807) is 24.3 Å². The minimum atomic E-state index is -0.553. The summed E-state index contributed by atoms with van der Waals surface area (Å²) in [5, 5.41) is 5.42. The zero-order valence-corrected chi connectivity index (χ0v) is 14.7. The summed E-state index contributed by atoms with van der Waals surface area (Å²) in [4.78, 5) is 40.3. The summed E-state index contributed by atoms with van der Waals surface area (Å²) in [6, 6.07) is 7.98. The number of ether oxygens (including phenoxy) is 1. The van der Waals surface area contributed by atoms with Crippen molar-refractivity contribution in [2.24, 2.45) is 0 Å². The van der Waals surface area contributed by atoms with E-state index in [1.165, 1.54) is 25.6 Å². The number of amides is 2. The first-order chi connectivity index (χ1) is 12.6. The van der Waals surface area contributed by atoms with Gasteiger partial charge >= 0.3 is 5.97 Å². The lowest BCUT2D eigenvalue weighted by molar-refractivity contribution is 0.0601. The largest absolute Gasteiger partial charge is 0.465 e. The van der Waals surface area contributed by atoms with Crippen molar-refractivity contribution in [2.75, 3.05) is 19.0 Å². The molecule has 0 radical (unpaired) electrons. The molecular formula is C19H21N3O4. The number of unbranched alkanes of at least 4 members (excludes halogenated alkanes) is 1. The average molecular weight is 355 g/mol. The van der Waals surface area contributed by atoms with Crippen molar-refractivity contribution in [1.82, 2.24) is 10.3 Å². The number of esters is 1. The topological polar surface area (TPSA) is 97.4 Å². The fraction of sp³-hybridized carbons (Fsp3) is 0.263. The van der Waals surface area contributed by atoms with Crippen molar-refractivity contribution in [2.45, 2.75) is 19.8 Å². The third kappa shape index (κ3) is 4.89. The highest BCUT2D eigenvalue weighted by atomic mass is 16.5. The van der Waals surface area contributed by atoms with E-state index < -0.39 is 11.9 Å². The number of nitrogens with zero attached hydrogens (tertiary/aromatic N) is 1. The zero-order valence-electron chi connectivity index (χ0n) is 14.7. The predicted molar refractivity (Wildman–Crippen MR) is 97.2 cm³/mol. The molecule has 1 aromatic heterocycles. The molecule has 7 heteroatoms. The molecule has 2 aromatic rings. The zero-order chi connectivity index (χ0) is 18.9. The molecule has 26 heavy (non-hydrogen) atoms. The molecule has 0 bridgehead atoms. The monoisotopic (exact) mass is 355 g/mol. The molecule has 0 spiro atoms. The Labute approximate surface area is 151 Å². The van der Waals surface area contributed by atoms with Crippen LogP contribution in [0.5, 0.6) is 0 Å². The smallest absolute Gasteiger partial charge is 0.339 e. The molecule has 0 aliphatic carbocycles. The van der Waals surface area contributed by atoms with E-state index in [1.807, 2.05) is 6.92 Å². The summed E-state index contributed by atoms with van der Waals surface area (Å²) in [5.41, 5.74) is 1.08. The summed E-state index contributed by atoms with van der Waals surface area (Å²) in [5.74, 6) is -1.31. The van der Waals surface area contributed by atoms with Crippen LogP contribution < -0.4 is 10.6 Å². The molecule has 0 fully saturated rings. The van der Waals surface area contributed by atoms with E-state index in [4.69, 9.17) is 4.74 Å². The lowest BCUT2D eigenvalue weighted by Gasteiger charge is -2.10. The molecule has 0 unspecified atom stereocenters. The van der Waals surface area contributed by atoms with Crippen molar-refractivity contribution in [3.63, 3.8) is 0 Å². The summed E-state index contributed by atoms with van der Waals surface area (Å²) >= 11 is 0. The van der Waals surface area contributed by atoms with Gasteiger partial charge in [-0.15, -0.1) is 0 Å². The minimum Gasteiger partial charge on any atom is -0.465 e. The van der Waals surface area contributed by atoms with E-state index in [0.717, 1.165) is 12.8 Å². The third-order valence-corrected chi connectivity index (χ3v) is 3.66. The van der Waals surface area contributed by atoms with Gasteiger partial charge in [-0.1, -0.05) is 25.5 Å². The molecule has 1 aromatic carbocycles. The Kier molecular flexibility index (Phi) is 6.84. The van der Waals surface area contributed by atoms with Crippen molar-refractivity contribution >= 4 is 23.5 Å². The van der Waals surface area contributed by atoms with Gasteiger partial charge in [0.2, 0.25) is 0 Å². The summed E-state index contributed by atoms with van der Waals surface area (Å²) < 4.78 is 4.71. The first kappa shape index (κ1) is 19.1. The number of rotatable bonds is 7. The van der Waals surface area contributed by atoms with Gasteiger partial charge in [0.1, 0.15) is 0 Å². The molecule has 1 heterocycles. The van der Waals surface area contributed by atoms with Crippen LogP contribution in [-0.4, -0.2) is 36.4 Å². The first-order valence-corrected chi connectivity index (χ1v) is 8.28. The summed E-state index contributed by atoms with van der Waals surface area (Å²) in [6.45, 7) is 2.60. The lowest BCUT2D eigenvalue weighted by atomic mass is 10.1. The molecule has 0 aliphatic heterocycles. The molecular weight excluding hydrogens is 334 g/mol. The highest BCUT2D eigenvalue weighted by Crippen LogP contribution is 2.17. The van der Waals surface area contributed by atoms with Crippen molar-refractivity contribution in [1.29, 1.82) is 0 Å². The number of nitrogens with one attached hydrogen (secondary N) is 2. The number of anilines is 1. The van der Waals surface area contributed by atoms with Crippen LogP contribution in [-0.2, 0) is 4.74 Å². The maximum atomic E-state index is 12.5. The lowest BCUT2D eigenvalue weighted by Crippen LogP contribution is -2.25. The van der Waals surface area contributed by atoms with Crippen molar-refractivity contribution in [3.8, 4) is 0 Å². The number of aromatic nitrogens is 1. The number of pyridine rings is 1. The van der Waals surface area contributed by atoms with Crippen LogP contribution in [0, 0.1) is 0 Å². The van der Waals surface area contributed by atoms with E-state index in [0.29, 0.717) is 17.8 Å². The van der Waals surface area contributed by atoms with Crippen molar-refractivity contribution in [3.05, 3.63) is 59.4 Å². The summed E-state index contributed by atoms with van der Waals surface area (Å²) in [6.07, 6.45) is 4.61. The first-order valence-electron chi connectivity index (χ1n) is 8.28. The van der Waals surface area contributed by atoms with Crippen LogP contribution in [0.2, 0.25) is 0 Å². The maximum absolute atomic E-state index is 12.5. The molecule has 0 saturated carbocycles. The number of methoxy groups -OCH3 is 1. The fourth-order valence-corrected chi connectivity index (χ4v) is 2.24. The molecule has 7 nitrogen and oxygen atoms in total. The Bertz CT molecular complexity index is 805. The average Bonchev–Trinajstić information content (AvgIpc) is 2.68. The number of benzene rings is 1. The highest BCUT2D eigenvalue weighted by molar-refractivity contribution is 6.08. The Hall–Kier alpha value is -3.22. The second kappa shape index (κ2) is 9.31.